The van der Waals surface area contributed by atoms with Gasteiger partial charge in [-0.15, -0.1) is 0 Å². The van der Waals surface area contributed by atoms with Crippen molar-refractivity contribution in [2.45, 2.75) is 32.7 Å². The lowest BCUT2D eigenvalue weighted by atomic mass is 10.1. The van der Waals surface area contributed by atoms with Crippen LogP contribution in [0.5, 0.6) is 5.75 Å². The minimum atomic E-state index is -0.177. The van der Waals surface area contributed by atoms with Crippen LogP contribution >= 0.6 is 15.9 Å². The molecule has 0 N–H and O–H groups in total. The molecule has 2 aromatic rings. The van der Waals surface area contributed by atoms with Crippen LogP contribution in [0.3, 0.4) is 0 Å². The van der Waals surface area contributed by atoms with Crippen molar-refractivity contribution in [1.29, 1.82) is 0 Å². The maximum absolute atomic E-state index is 5.88. The van der Waals surface area contributed by atoms with Gasteiger partial charge in [0, 0.05) is 16.5 Å². The number of aryl methyl sites for hydroxylation is 1. The number of rotatable bonds is 4. The molecule has 3 rings (SSSR count). The molecule has 0 spiro atoms. The first-order chi connectivity index (χ1) is 9.76. The van der Waals surface area contributed by atoms with Gasteiger partial charge in [-0.05, 0) is 29.7 Å². The van der Waals surface area contributed by atoms with Crippen LogP contribution in [0.15, 0.2) is 46.9 Å². The fraction of sp³-hybridized carbons (Fsp3) is 0.294. The van der Waals surface area contributed by atoms with Crippen molar-refractivity contribution in [3.8, 4) is 5.75 Å². The summed E-state index contributed by atoms with van der Waals surface area (Å²) in [7, 11) is 0. The van der Waals surface area contributed by atoms with E-state index in [9.17, 15) is 0 Å². The zero-order valence-electron chi connectivity index (χ0n) is 11.4. The maximum atomic E-state index is 5.88. The Morgan fingerprint density at radius 3 is 2.80 bits per heavy atom. The SMILES string of the molecule is CCc1cc2c(cc1Br)CC(OCc1ccccc1)O2. The number of hydrogen-bond donors (Lipinski definition) is 0. The molecule has 104 valence electrons. The highest BCUT2D eigenvalue weighted by atomic mass is 79.9. The van der Waals surface area contributed by atoms with Crippen LogP contribution in [0.4, 0.5) is 0 Å². The van der Waals surface area contributed by atoms with Crippen LogP contribution in [0.2, 0.25) is 0 Å². The number of hydrogen-bond acceptors (Lipinski definition) is 2. The summed E-state index contributed by atoms with van der Waals surface area (Å²) in [5.41, 5.74) is 3.65. The van der Waals surface area contributed by atoms with Gasteiger partial charge in [-0.1, -0.05) is 53.2 Å². The molecule has 1 aliphatic rings. The molecule has 2 nitrogen and oxygen atoms in total. The van der Waals surface area contributed by atoms with Crippen molar-refractivity contribution in [2.75, 3.05) is 0 Å². The Labute approximate surface area is 127 Å². The Balaban J connectivity index is 1.65. The molecule has 1 aliphatic heterocycles. The Hall–Kier alpha value is -1.32. The quantitative estimate of drug-likeness (QED) is 0.821. The summed E-state index contributed by atoms with van der Waals surface area (Å²) in [6, 6.07) is 14.4. The molecule has 3 heteroatoms. The summed E-state index contributed by atoms with van der Waals surface area (Å²) in [4.78, 5) is 0. The predicted molar refractivity (Wildman–Crippen MR) is 82.9 cm³/mol. The monoisotopic (exact) mass is 332 g/mol. The molecule has 1 atom stereocenters. The van der Waals surface area contributed by atoms with E-state index in [0.717, 1.165) is 23.1 Å². The van der Waals surface area contributed by atoms with Crippen LogP contribution in [-0.2, 0) is 24.2 Å². The lowest BCUT2D eigenvalue weighted by Gasteiger charge is -2.12. The molecule has 0 saturated heterocycles. The molecular weight excluding hydrogens is 316 g/mol. The molecule has 2 aromatic carbocycles. The number of halogens is 1. The van der Waals surface area contributed by atoms with Crippen LogP contribution in [-0.4, -0.2) is 6.29 Å². The average molecular weight is 333 g/mol. The molecule has 0 saturated carbocycles. The summed E-state index contributed by atoms with van der Waals surface area (Å²) in [5, 5.41) is 0. The molecule has 20 heavy (non-hydrogen) atoms. The van der Waals surface area contributed by atoms with Gasteiger partial charge >= 0.3 is 0 Å². The van der Waals surface area contributed by atoms with Gasteiger partial charge in [0.25, 0.3) is 0 Å². The second-order valence-electron chi connectivity index (χ2n) is 4.95. The molecule has 1 heterocycles. The third kappa shape index (κ3) is 2.89. The van der Waals surface area contributed by atoms with Crippen molar-refractivity contribution >= 4 is 15.9 Å². The number of ether oxygens (including phenoxy) is 2. The van der Waals surface area contributed by atoms with Gasteiger partial charge in [-0.25, -0.2) is 0 Å². The zero-order chi connectivity index (χ0) is 13.9. The molecule has 0 amide bonds. The second kappa shape index (κ2) is 5.98. The summed E-state index contributed by atoms with van der Waals surface area (Å²) >= 11 is 3.61. The molecule has 0 bridgehead atoms. The number of benzene rings is 2. The van der Waals surface area contributed by atoms with Gasteiger partial charge in [0.15, 0.2) is 0 Å². The fourth-order valence-electron chi connectivity index (χ4n) is 2.40. The summed E-state index contributed by atoms with van der Waals surface area (Å²) in [6.45, 7) is 2.73. The molecule has 0 aromatic heterocycles. The summed E-state index contributed by atoms with van der Waals surface area (Å²) in [6.07, 6.45) is 1.63. The van der Waals surface area contributed by atoms with Gasteiger partial charge in [-0.2, -0.15) is 0 Å². The maximum Gasteiger partial charge on any atom is 0.204 e. The van der Waals surface area contributed by atoms with E-state index >= 15 is 0 Å². The fourth-order valence-corrected chi connectivity index (χ4v) is 3.07. The molecule has 0 radical (unpaired) electrons. The van der Waals surface area contributed by atoms with Gasteiger partial charge < -0.3 is 9.47 Å². The highest BCUT2D eigenvalue weighted by Crippen LogP contribution is 2.34. The van der Waals surface area contributed by atoms with Crippen molar-refractivity contribution in [2.24, 2.45) is 0 Å². The Morgan fingerprint density at radius 2 is 2.05 bits per heavy atom. The largest absolute Gasteiger partial charge is 0.464 e. The van der Waals surface area contributed by atoms with Gasteiger partial charge in [0.1, 0.15) is 5.75 Å². The second-order valence-corrected chi connectivity index (χ2v) is 5.81. The molecule has 0 aliphatic carbocycles. The van der Waals surface area contributed by atoms with Crippen molar-refractivity contribution < 1.29 is 9.47 Å². The van der Waals surface area contributed by atoms with Gasteiger partial charge in [-0.3, -0.25) is 0 Å². The van der Waals surface area contributed by atoms with E-state index in [1.165, 1.54) is 16.7 Å². The van der Waals surface area contributed by atoms with Crippen molar-refractivity contribution in [1.82, 2.24) is 0 Å². The van der Waals surface area contributed by atoms with Crippen molar-refractivity contribution in [3.63, 3.8) is 0 Å². The van der Waals surface area contributed by atoms with E-state index in [1.807, 2.05) is 18.2 Å². The van der Waals surface area contributed by atoms with Crippen LogP contribution in [0.1, 0.15) is 23.6 Å². The van der Waals surface area contributed by atoms with E-state index in [4.69, 9.17) is 9.47 Å². The summed E-state index contributed by atoms with van der Waals surface area (Å²) < 4.78 is 12.9. The van der Waals surface area contributed by atoms with Gasteiger partial charge in [0.2, 0.25) is 6.29 Å². The number of fused-ring (bicyclic) bond motifs is 1. The predicted octanol–water partition coefficient (Wildman–Crippen LogP) is 4.49. The zero-order valence-corrected chi connectivity index (χ0v) is 13.0. The van der Waals surface area contributed by atoms with Crippen LogP contribution in [0.25, 0.3) is 0 Å². The first-order valence-electron chi connectivity index (χ1n) is 6.89. The Kier molecular flexibility index (Phi) is 4.08. The summed E-state index contributed by atoms with van der Waals surface area (Å²) in [5.74, 6) is 0.961. The highest BCUT2D eigenvalue weighted by Gasteiger charge is 2.24. The minimum absolute atomic E-state index is 0.177. The topological polar surface area (TPSA) is 18.5 Å². The first kappa shape index (κ1) is 13.7. The van der Waals surface area contributed by atoms with E-state index in [0.29, 0.717) is 6.61 Å². The smallest absolute Gasteiger partial charge is 0.204 e. The molecule has 0 fully saturated rings. The van der Waals surface area contributed by atoms with E-state index in [2.05, 4.69) is 47.1 Å². The van der Waals surface area contributed by atoms with Crippen LogP contribution < -0.4 is 4.74 Å². The lowest BCUT2D eigenvalue weighted by molar-refractivity contribution is -0.0750. The molecule has 1 unspecified atom stereocenters. The Morgan fingerprint density at radius 1 is 1.25 bits per heavy atom. The third-order valence-electron chi connectivity index (χ3n) is 3.53. The van der Waals surface area contributed by atoms with E-state index < -0.39 is 0 Å². The van der Waals surface area contributed by atoms with Gasteiger partial charge in [0.05, 0.1) is 6.61 Å². The standard InChI is InChI=1S/C17H17BrO2/c1-2-13-9-16-14(8-15(13)18)10-17(20-16)19-11-12-6-4-3-5-7-12/h3-9,17H,2,10-11H2,1H3. The van der Waals surface area contributed by atoms with E-state index in [-0.39, 0.29) is 6.29 Å². The Bertz CT molecular complexity index is 595. The minimum Gasteiger partial charge on any atom is -0.464 e. The van der Waals surface area contributed by atoms with Crippen molar-refractivity contribution in [3.05, 3.63) is 63.6 Å². The van der Waals surface area contributed by atoms with Crippen LogP contribution in [0, 0.1) is 0 Å². The van der Waals surface area contributed by atoms with E-state index in [1.54, 1.807) is 0 Å². The molecular formula is C17H17BrO2. The normalized spacial score (nSPS) is 16.8. The average Bonchev–Trinajstić information content (AvgIpc) is 2.87. The lowest BCUT2D eigenvalue weighted by Crippen LogP contribution is -2.17. The highest BCUT2D eigenvalue weighted by molar-refractivity contribution is 9.10. The first-order valence-corrected chi connectivity index (χ1v) is 7.69. The third-order valence-corrected chi connectivity index (χ3v) is 4.27.